The second-order valence-corrected chi connectivity index (χ2v) is 4.27. The fourth-order valence-electron chi connectivity index (χ4n) is 1.38. The second-order valence-electron chi connectivity index (χ2n) is 3.86. The molecule has 7 heteroatoms. The molecule has 0 aromatic carbocycles. The lowest BCUT2D eigenvalue weighted by Gasteiger charge is -2.07. The fourth-order valence-corrected chi connectivity index (χ4v) is 1.52. The molecular formula is C12H16ClN3O3. The van der Waals surface area contributed by atoms with E-state index in [1.54, 1.807) is 20.8 Å². The van der Waals surface area contributed by atoms with Gasteiger partial charge in [0.05, 0.1) is 23.5 Å². The second kappa shape index (κ2) is 6.94. The van der Waals surface area contributed by atoms with Crippen LogP contribution in [0, 0.1) is 6.92 Å². The first-order valence-corrected chi connectivity index (χ1v) is 6.14. The zero-order chi connectivity index (χ0) is 14.4. The molecule has 1 aromatic heterocycles. The van der Waals surface area contributed by atoms with Crippen LogP contribution in [-0.2, 0) is 20.9 Å². The van der Waals surface area contributed by atoms with E-state index in [9.17, 15) is 9.59 Å². The summed E-state index contributed by atoms with van der Waals surface area (Å²) in [6, 6.07) is 0. The molecule has 104 valence electrons. The van der Waals surface area contributed by atoms with Crippen molar-refractivity contribution in [2.75, 3.05) is 6.61 Å². The van der Waals surface area contributed by atoms with Gasteiger partial charge in [-0.05, 0) is 20.8 Å². The smallest absolute Gasteiger partial charge is 0.332 e. The van der Waals surface area contributed by atoms with E-state index in [2.05, 4.69) is 10.4 Å². The third kappa shape index (κ3) is 4.75. The zero-order valence-corrected chi connectivity index (χ0v) is 11.8. The van der Waals surface area contributed by atoms with Gasteiger partial charge in [-0.2, -0.15) is 5.10 Å². The van der Waals surface area contributed by atoms with E-state index in [-0.39, 0.29) is 12.5 Å². The molecule has 1 N–H and O–H groups in total. The summed E-state index contributed by atoms with van der Waals surface area (Å²) in [6.07, 6.45) is 2.70. The van der Waals surface area contributed by atoms with Gasteiger partial charge in [-0.1, -0.05) is 11.6 Å². The number of carbonyl (C=O) groups excluding carboxylic acids is 2. The molecule has 1 rings (SSSR count). The highest BCUT2D eigenvalue weighted by atomic mass is 35.5. The minimum absolute atomic E-state index is 0.0343. The standard InChI is InChI=1S/C12H16ClN3O3/c1-4-19-12(18)5-8(2)15-11(17)7-16-9(3)10(13)6-14-16/h5-6H,4,7H2,1-3H3,(H,15,17)/b8-5+. The largest absolute Gasteiger partial charge is 0.463 e. The number of rotatable bonds is 5. The van der Waals surface area contributed by atoms with Crippen LogP contribution < -0.4 is 5.32 Å². The van der Waals surface area contributed by atoms with Gasteiger partial charge < -0.3 is 10.1 Å². The molecule has 0 fully saturated rings. The number of carbonyl (C=O) groups is 2. The lowest BCUT2D eigenvalue weighted by molar-refractivity contribution is -0.137. The molecule has 0 spiro atoms. The summed E-state index contributed by atoms with van der Waals surface area (Å²) in [6.45, 7) is 5.42. The predicted molar refractivity (Wildman–Crippen MR) is 70.5 cm³/mol. The van der Waals surface area contributed by atoms with E-state index in [4.69, 9.17) is 16.3 Å². The first-order valence-electron chi connectivity index (χ1n) is 5.76. The average molecular weight is 286 g/mol. The van der Waals surface area contributed by atoms with Crippen molar-refractivity contribution >= 4 is 23.5 Å². The monoisotopic (exact) mass is 285 g/mol. The molecule has 0 saturated heterocycles. The third-order valence-corrected chi connectivity index (χ3v) is 2.67. The summed E-state index contributed by atoms with van der Waals surface area (Å²) < 4.78 is 6.21. The number of allylic oxidation sites excluding steroid dienone is 1. The number of amides is 1. The van der Waals surface area contributed by atoms with Crippen molar-refractivity contribution < 1.29 is 14.3 Å². The number of nitrogens with one attached hydrogen (secondary N) is 1. The molecule has 0 aliphatic heterocycles. The molecule has 0 atom stereocenters. The Hall–Kier alpha value is -1.82. The normalized spacial score (nSPS) is 11.3. The molecule has 0 aliphatic rings. The van der Waals surface area contributed by atoms with Gasteiger partial charge in [-0.15, -0.1) is 0 Å². The van der Waals surface area contributed by atoms with Gasteiger partial charge in [0.15, 0.2) is 0 Å². The minimum Gasteiger partial charge on any atom is -0.463 e. The van der Waals surface area contributed by atoms with Crippen LogP contribution in [0.2, 0.25) is 5.02 Å². The van der Waals surface area contributed by atoms with Crippen molar-refractivity contribution in [1.29, 1.82) is 0 Å². The van der Waals surface area contributed by atoms with Crippen LogP contribution in [0.5, 0.6) is 0 Å². The van der Waals surface area contributed by atoms with Crippen LogP contribution in [-0.4, -0.2) is 28.3 Å². The van der Waals surface area contributed by atoms with Crippen molar-refractivity contribution in [3.63, 3.8) is 0 Å². The lowest BCUT2D eigenvalue weighted by Crippen LogP contribution is -2.27. The Bertz CT molecular complexity index is 508. The Morgan fingerprint density at radius 1 is 1.58 bits per heavy atom. The van der Waals surface area contributed by atoms with E-state index in [0.717, 1.165) is 0 Å². The maximum Gasteiger partial charge on any atom is 0.332 e. The highest BCUT2D eigenvalue weighted by molar-refractivity contribution is 6.31. The van der Waals surface area contributed by atoms with Crippen molar-refractivity contribution in [3.8, 4) is 0 Å². The Balaban J connectivity index is 2.56. The quantitative estimate of drug-likeness (QED) is 0.656. The minimum atomic E-state index is -0.487. The molecule has 0 bridgehead atoms. The van der Waals surface area contributed by atoms with Crippen LogP contribution in [0.15, 0.2) is 18.0 Å². The molecule has 1 heterocycles. The summed E-state index contributed by atoms with van der Waals surface area (Å²) in [5.74, 6) is -0.778. The molecule has 0 saturated carbocycles. The summed E-state index contributed by atoms with van der Waals surface area (Å²) in [7, 11) is 0. The van der Waals surface area contributed by atoms with E-state index >= 15 is 0 Å². The molecule has 1 aromatic rings. The SMILES string of the molecule is CCOC(=O)/C=C(\C)NC(=O)Cn1ncc(Cl)c1C. The number of hydrogen-bond acceptors (Lipinski definition) is 4. The topological polar surface area (TPSA) is 73.2 Å². The maximum atomic E-state index is 11.7. The van der Waals surface area contributed by atoms with Gasteiger partial charge in [-0.3, -0.25) is 9.48 Å². The Morgan fingerprint density at radius 3 is 2.79 bits per heavy atom. The summed E-state index contributed by atoms with van der Waals surface area (Å²) >= 11 is 5.83. The molecule has 0 radical (unpaired) electrons. The van der Waals surface area contributed by atoms with Gasteiger partial charge >= 0.3 is 5.97 Å². The average Bonchev–Trinajstić information content (AvgIpc) is 2.60. The van der Waals surface area contributed by atoms with Crippen LogP contribution in [0.25, 0.3) is 0 Å². The highest BCUT2D eigenvalue weighted by Gasteiger charge is 2.09. The summed E-state index contributed by atoms with van der Waals surface area (Å²) in [4.78, 5) is 22.9. The molecular weight excluding hydrogens is 270 g/mol. The molecule has 6 nitrogen and oxygen atoms in total. The van der Waals surface area contributed by atoms with Gasteiger partial charge in [0.25, 0.3) is 0 Å². The summed E-state index contributed by atoms with van der Waals surface area (Å²) in [5.41, 5.74) is 1.13. The zero-order valence-electron chi connectivity index (χ0n) is 11.1. The third-order valence-electron chi connectivity index (χ3n) is 2.29. The van der Waals surface area contributed by atoms with E-state index in [0.29, 0.717) is 23.0 Å². The molecule has 19 heavy (non-hydrogen) atoms. The number of ether oxygens (including phenoxy) is 1. The van der Waals surface area contributed by atoms with Gasteiger partial charge in [0.1, 0.15) is 6.54 Å². The van der Waals surface area contributed by atoms with Crippen LogP contribution >= 0.6 is 11.6 Å². The van der Waals surface area contributed by atoms with Gasteiger partial charge in [0, 0.05) is 11.8 Å². The first-order chi connectivity index (χ1) is 8.93. The van der Waals surface area contributed by atoms with Crippen LogP contribution in [0.1, 0.15) is 19.5 Å². The van der Waals surface area contributed by atoms with Crippen molar-refractivity contribution in [2.24, 2.45) is 0 Å². The van der Waals surface area contributed by atoms with Crippen molar-refractivity contribution in [2.45, 2.75) is 27.3 Å². The number of aromatic nitrogens is 2. The highest BCUT2D eigenvalue weighted by Crippen LogP contribution is 2.12. The van der Waals surface area contributed by atoms with E-state index in [1.807, 2.05) is 0 Å². The van der Waals surface area contributed by atoms with Gasteiger partial charge in [-0.25, -0.2) is 4.79 Å². The number of hydrogen-bond donors (Lipinski definition) is 1. The molecule has 0 aliphatic carbocycles. The van der Waals surface area contributed by atoms with Crippen molar-refractivity contribution in [1.82, 2.24) is 15.1 Å². The Morgan fingerprint density at radius 2 is 2.26 bits per heavy atom. The van der Waals surface area contributed by atoms with E-state index in [1.165, 1.54) is 17.0 Å². The lowest BCUT2D eigenvalue weighted by atomic mass is 10.4. The first kappa shape index (κ1) is 15.2. The Kier molecular flexibility index (Phi) is 5.57. The van der Waals surface area contributed by atoms with Crippen molar-refractivity contribution in [3.05, 3.63) is 28.7 Å². The number of esters is 1. The van der Waals surface area contributed by atoms with Gasteiger partial charge in [0.2, 0.25) is 5.91 Å². The van der Waals surface area contributed by atoms with Crippen LogP contribution in [0.3, 0.4) is 0 Å². The van der Waals surface area contributed by atoms with Crippen LogP contribution in [0.4, 0.5) is 0 Å². The predicted octanol–water partition coefficient (Wildman–Crippen LogP) is 1.43. The molecule has 1 amide bonds. The maximum absolute atomic E-state index is 11.7. The molecule has 0 unspecified atom stereocenters. The Labute approximate surface area is 116 Å². The number of nitrogens with zero attached hydrogens (tertiary/aromatic N) is 2. The number of halogens is 1. The summed E-state index contributed by atoms with van der Waals surface area (Å²) in [5, 5.41) is 7.04. The fraction of sp³-hybridized carbons (Fsp3) is 0.417. The van der Waals surface area contributed by atoms with E-state index < -0.39 is 5.97 Å².